The van der Waals surface area contributed by atoms with Crippen molar-refractivity contribution >= 4 is 5.69 Å². The van der Waals surface area contributed by atoms with Gasteiger partial charge in [0, 0.05) is 6.07 Å². The molecule has 0 spiro atoms. The quantitative estimate of drug-likeness (QED) is 0.615. The Morgan fingerprint density at radius 2 is 2.26 bits per heavy atom. The van der Waals surface area contributed by atoms with Crippen LogP contribution in [0.1, 0.15) is 38.2 Å². The van der Waals surface area contributed by atoms with Gasteiger partial charge in [0.15, 0.2) is 0 Å². The molecular weight excluding hydrogens is 249 g/mol. The Labute approximate surface area is 111 Å². The molecule has 0 aromatic heterocycles. The van der Waals surface area contributed by atoms with Gasteiger partial charge in [0.05, 0.1) is 17.6 Å². The fourth-order valence-corrected chi connectivity index (χ4v) is 2.53. The number of nitro benzene ring substituents is 1. The predicted octanol–water partition coefficient (Wildman–Crippen LogP) is 3.83. The lowest BCUT2D eigenvalue weighted by atomic mass is 9.89. The van der Waals surface area contributed by atoms with E-state index in [1.54, 1.807) is 6.07 Å². The number of halogens is 1. The van der Waals surface area contributed by atoms with E-state index in [0.29, 0.717) is 18.1 Å². The van der Waals surface area contributed by atoms with Gasteiger partial charge in [-0.2, -0.15) is 4.39 Å². The van der Waals surface area contributed by atoms with Crippen LogP contribution in [0.5, 0.6) is 0 Å². The summed E-state index contributed by atoms with van der Waals surface area (Å²) in [7, 11) is 0. The van der Waals surface area contributed by atoms with Crippen molar-refractivity contribution in [1.82, 2.24) is 0 Å². The maximum absolute atomic E-state index is 13.4. The summed E-state index contributed by atoms with van der Waals surface area (Å²) in [4.78, 5) is 9.79. The summed E-state index contributed by atoms with van der Waals surface area (Å²) in [5, 5.41) is 10.5. The van der Waals surface area contributed by atoms with Gasteiger partial charge in [-0.25, -0.2) is 0 Å². The topological polar surface area (TPSA) is 52.4 Å². The number of hydrogen-bond acceptors (Lipinski definition) is 3. The first-order chi connectivity index (χ1) is 9.06. The molecule has 0 saturated heterocycles. The van der Waals surface area contributed by atoms with Crippen LogP contribution in [0.2, 0.25) is 0 Å². The van der Waals surface area contributed by atoms with E-state index in [1.807, 2.05) is 0 Å². The summed E-state index contributed by atoms with van der Waals surface area (Å²) in [6.45, 7) is 2.52. The van der Waals surface area contributed by atoms with Crippen LogP contribution in [0, 0.1) is 21.8 Å². The van der Waals surface area contributed by atoms with Gasteiger partial charge in [0.25, 0.3) is 0 Å². The minimum atomic E-state index is -0.803. The van der Waals surface area contributed by atoms with Crippen LogP contribution in [0.4, 0.5) is 10.1 Å². The monoisotopic (exact) mass is 267 g/mol. The average Bonchev–Trinajstić information content (AvgIpc) is 2.36. The Bertz CT molecular complexity index is 464. The number of rotatable bonds is 4. The summed E-state index contributed by atoms with van der Waals surface area (Å²) >= 11 is 0. The second-order valence-corrected chi connectivity index (χ2v) is 5.25. The Hall–Kier alpha value is -1.49. The standard InChI is InChI=1S/C14H18FNO3/c1-10-3-2-4-12(7-10)19-9-11-5-6-14(16(17)18)13(15)8-11/h5-6,8,10,12H,2-4,7,9H2,1H3. The minimum absolute atomic E-state index is 0.224. The lowest BCUT2D eigenvalue weighted by molar-refractivity contribution is -0.387. The highest BCUT2D eigenvalue weighted by atomic mass is 19.1. The van der Waals surface area contributed by atoms with Crippen LogP contribution in [0.25, 0.3) is 0 Å². The Morgan fingerprint density at radius 3 is 2.89 bits per heavy atom. The van der Waals surface area contributed by atoms with Gasteiger partial charge >= 0.3 is 5.69 Å². The Kier molecular flexibility index (Phi) is 4.47. The molecule has 0 heterocycles. The van der Waals surface area contributed by atoms with Crippen molar-refractivity contribution in [1.29, 1.82) is 0 Å². The average molecular weight is 267 g/mol. The Morgan fingerprint density at radius 1 is 1.47 bits per heavy atom. The molecule has 0 bridgehead atoms. The van der Waals surface area contributed by atoms with E-state index in [2.05, 4.69) is 6.92 Å². The summed E-state index contributed by atoms with van der Waals surface area (Å²) in [5.41, 5.74) is 0.149. The fraction of sp³-hybridized carbons (Fsp3) is 0.571. The lowest BCUT2D eigenvalue weighted by Gasteiger charge is -2.26. The molecule has 1 aromatic rings. The van der Waals surface area contributed by atoms with Crippen molar-refractivity contribution in [2.45, 2.75) is 45.3 Å². The first-order valence-corrected chi connectivity index (χ1v) is 6.60. The van der Waals surface area contributed by atoms with Gasteiger partial charge in [-0.3, -0.25) is 10.1 Å². The maximum atomic E-state index is 13.4. The summed E-state index contributed by atoms with van der Waals surface area (Å²) in [6, 6.07) is 3.93. The highest BCUT2D eigenvalue weighted by Gasteiger charge is 2.20. The molecule has 4 nitrogen and oxygen atoms in total. The second-order valence-electron chi connectivity index (χ2n) is 5.25. The Balaban J connectivity index is 1.92. The van der Waals surface area contributed by atoms with E-state index in [0.717, 1.165) is 12.8 Å². The lowest BCUT2D eigenvalue weighted by Crippen LogP contribution is -2.21. The first kappa shape index (κ1) is 13.9. The number of nitrogens with zero attached hydrogens (tertiary/aromatic N) is 1. The first-order valence-electron chi connectivity index (χ1n) is 6.60. The SMILES string of the molecule is CC1CCCC(OCc2ccc([N+](=O)[O-])c(F)c2)C1. The molecule has 1 aromatic carbocycles. The van der Waals surface area contributed by atoms with Gasteiger partial charge in [-0.1, -0.05) is 19.8 Å². The van der Waals surface area contributed by atoms with E-state index < -0.39 is 16.4 Å². The van der Waals surface area contributed by atoms with E-state index in [9.17, 15) is 14.5 Å². The number of hydrogen-bond donors (Lipinski definition) is 0. The maximum Gasteiger partial charge on any atom is 0.304 e. The van der Waals surface area contributed by atoms with Crippen LogP contribution >= 0.6 is 0 Å². The summed E-state index contributed by atoms with van der Waals surface area (Å²) < 4.78 is 19.2. The van der Waals surface area contributed by atoms with Crippen molar-refractivity contribution < 1.29 is 14.1 Å². The second kappa shape index (κ2) is 6.10. The van der Waals surface area contributed by atoms with Crippen molar-refractivity contribution in [3.8, 4) is 0 Å². The largest absolute Gasteiger partial charge is 0.374 e. The number of ether oxygens (including phenoxy) is 1. The highest BCUT2D eigenvalue weighted by Crippen LogP contribution is 2.27. The zero-order chi connectivity index (χ0) is 13.8. The molecule has 1 fully saturated rings. The van der Waals surface area contributed by atoms with Gasteiger partial charge in [0.2, 0.25) is 5.82 Å². The molecule has 0 aliphatic heterocycles. The van der Waals surface area contributed by atoms with E-state index in [1.165, 1.54) is 25.0 Å². The molecule has 2 atom stereocenters. The molecule has 0 radical (unpaired) electrons. The van der Waals surface area contributed by atoms with Crippen molar-refractivity contribution in [2.24, 2.45) is 5.92 Å². The normalized spacial score (nSPS) is 23.3. The molecule has 104 valence electrons. The summed E-state index contributed by atoms with van der Waals surface area (Å²) in [5.74, 6) is -0.129. The molecule has 1 aliphatic carbocycles. The van der Waals surface area contributed by atoms with Crippen LogP contribution < -0.4 is 0 Å². The molecule has 1 aliphatic rings. The third-order valence-corrected chi connectivity index (χ3v) is 3.58. The van der Waals surface area contributed by atoms with E-state index in [4.69, 9.17) is 4.74 Å². The highest BCUT2D eigenvalue weighted by molar-refractivity contribution is 5.34. The zero-order valence-electron chi connectivity index (χ0n) is 11.0. The number of benzene rings is 1. The minimum Gasteiger partial charge on any atom is -0.374 e. The van der Waals surface area contributed by atoms with E-state index in [-0.39, 0.29) is 6.10 Å². The van der Waals surface area contributed by atoms with Crippen LogP contribution in [-0.4, -0.2) is 11.0 Å². The molecule has 19 heavy (non-hydrogen) atoms. The fourth-order valence-electron chi connectivity index (χ4n) is 2.53. The molecule has 2 unspecified atom stereocenters. The van der Waals surface area contributed by atoms with Crippen LogP contribution in [0.15, 0.2) is 18.2 Å². The number of nitro groups is 1. The van der Waals surface area contributed by atoms with Crippen molar-refractivity contribution in [3.63, 3.8) is 0 Å². The van der Waals surface area contributed by atoms with Crippen molar-refractivity contribution in [2.75, 3.05) is 0 Å². The van der Waals surface area contributed by atoms with Gasteiger partial charge in [-0.15, -0.1) is 0 Å². The smallest absolute Gasteiger partial charge is 0.304 e. The van der Waals surface area contributed by atoms with Crippen LogP contribution in [0.3, 0.4) is 0 Å². The van der Waals surface area contributed by atoms with Gasteiger partial charge in [-0.05, 0) is 36.5 Å². The molecular formula is C14H18FNO3. The third-order valence-electron chi connectivity index (χ3n) is 3.58. The third kappa shape index (κ3) is 3.73. The van der Waals surface area contributed by atoms with Gasteiger partial charge < -0.3 is 4.74 Å². The molecule has 5 heteroatoms. The zero-order valence-corrected chi connectivity index (χ0v) is 11.0. The molecule has 0 amide bonds. The van der Waals surface area contributed by atoms with Gasteiger partial charge in [0.1, 0.15) is 0 Å². The molecule has 2 rings (SSSR count). The molecule has 0 N–H and O–H groups in total. The van der Waals surface area contributed by atoms with E-state index >= 15 is 0 Å². The summed E-state index contributed by atoms with van der Waals surface area (Å²) in [6.07, 6.45) is 4.71. The van der Waals surface area contributed by atoms with Crippen molar-refractivity contribution in [3.05, 3.63) is 39.7 Å². The van der Waals surface area contributed by atoms with Crippen LogP contribution in [-0.2, 0) is 11.3 Å². The predicted molar refractivity (Wildman–Crippen MR) is 69.3 cm³/mol. The molecule has 1 saturated carbocycles.